The summed E-state index contributed by atoms with van der Waals surface area (Å²) in [6, 6.07) is 4.77. The van der Waals surface area contributed by atoms with Crippen LogP contribution >= 0.6 is 0 Å². The van der Waals surface area contributed by atoms with E-state index in [9.17, 15) is 9.90 Å². The van der Waals surface area contributed by atoms with Crippen molar-refractivity contribution in [2.45, 2.75) is 19.4 Å². The van der Waals surface area contributed by atoms with E-state index in [4.69, 9.17) is 14.2 Å². The molecule has 0 amide bonds. The van der Waals surface area contributed by atoms with Gasteiger partial charge in [-0.3, -0.25) is 5.32 Å². The summed E-state index contributed by atoms with van der Waals surface area (Å²) in [5.74, 6) is -0.0743. The van der Waals surface area contributed by atoms with Crippen molar-refractivity contribution in [3.8, 4) is 11.5 Å². The third kappa shape index (κ3) is 4.09. The number of rotatable bonds is 8. The molecule has 0 radical (unpaired) electrons. The minimum Gasteiger partial charge on any atom is -0.504 e. The van der Waals surface area contributed by atoms with Gasteiger partial charge in [0.25, 0.3) is 0 Å². The number of hydrogen-bond donors (Lipinski definition) is 2. The zero-order valence-corrected chi connectivity index (χ0v) is 12.9. The van der Waals surface area contributed by atoms with E-state index in [0.717, 1.165) is 0 Å². The summed E-state index contributed by atoms with van der Waals surface area (Å²) < 4.78 is 15.2. The average Bonchev–Trinajstić information content (AvgIpc) is 2.48. The lowest BCUT2D eigenvalue weighted by Gasteiger charge is -2.29. The van der Waals surface area contributed by atoms with Crippen LogP contribution in [0.2, 0.25) is 0 Å². The van der Waals surface area contributed by atoms with Crippen molar-refractivity contribution in [1.29, 1.82) is 0 Å². The van der Waals surface area contributed by atoms with Gasteiger partial charge in [-0.1, -0.05) is 6.07 Å². The minimum absolute atomic E-state index is 0.0179. The molecule has 0 saturated heterocycles. The van der Waals surface area contributed by atoms with Crippen LogP contribution in [-0.2, 0) is 19.8 Å². The molecule has 1 aromatic carbocycles. The second kappa shape index (κ2) is 7.85. The third-order valence-electron chi connectivity index (χ3n) is 3.23. The Bertz CT molecular complexity index is 477. The topological polar surface area (TPSA) is 77.0 Å². The first kappa shape index (κ1) is 17.3. The molecule has 0 fully saturated rings. The summed E-state index contributed by atoms with van der Waals surface area (Å²) in [5, 5.41) is 12.8. The van der Waals surface area contributed by atoms with Crippen LogP contribution in [-0.4, -0.2) is 45.1 Å². The lowest BCUT2D eigenvalue weighted by molar-refractivity contribution is -0.151. The number of benzene rings is 1. The van der Waals surface area contributed by atoms with E-state index in [0.29, 0.717) is 24.5 Å². The maximum absolute atomic E-state index is 12.3. The Morgan fingerprint density at radius 2 is 2.10 bits per heavy atom. The molecule has 21 heavy (non-hydrogen) atoms. The van der Waals surface area contributed by atoms with Crippen molar-refractivity contribution in [3.63, 3.8) is 0 Å². The van der Waals surface area contributed by atoms with E-state index in [2.05, 4.69) is 5.32 Å². The monoisotopic (exact) mass is 297 g/mol. The summed E-state index contributed by atoms with van der Waals surface area (Å²) in [5.41, 5.74) is -0.401. The van der Waals surface area contributed by atoms with Crippen molar-refractivity contribution in [1.82, 2.24) is 5.32 Å². The molecule has 1 unspecified atom stereocenters. The number of esters is 1. The Kier molecular flexibility index (Phi) is 6.45. The Hall–Kier alpha value is -1.79. The van der Waals surface area contributed by atoms with E-state index < -0.39 is 11.5 Å². The molecule has 0 aliphatic carbocycles. The SMILES string of the molecule is CCOC(=O)C(C)(NCCOC)c1ccc(O)c(OC)c1. The Morgan fingerprint density at radius 1 is 1.38 bits per heavy atom. The first-order valence-electron chi connectivity index (χ1n) is 6.78. The number of phenolic OH excluding ortho intramolecular Hbond substituents is 1. The number of carbonyl (C=O) groups is 1. The molecule has 6 heteroatoms. The largest absolute Gasteiger partial charge is 0.504 e. The molecule has 0 saturated carbocycles. The van der Waals surface area contributed by atoms with Gasteiger partial charge in [0.15, 0.2) is 11.5 Å². The molecule has 0 bridgehead atoms. The van der Waals surface area contributed by atoms with Crippen LogP contribution in [0.25, 0.3) is 0 Å². The summed E-state index contributed by atoms with van der Waals surface area (Å²) >= 11 is 0. The smallest absolute Gasteiger partial charge is 0.330 e. The quantitative estimate of drug-likeness (QED) is 0.558. The minimum atomic E-state index is -1.05. The van der Waals surface area contributed by atoms with Crippen LogP contribution in [0.4, 0.5) is 0 Å². The van der Waals surface area contributed by atoms with Gasteiger partial charge in [0.1, 0.15) is 5.54 Å². The number of aromatic hydroxyl groups is 1. The van der Waals surface area contributed by atoms with E-state index in [1.165, 1.54) is 13.2 Å². The maximum Gasteiger partial charge on any atom is 0.330 e. The highest BCUT2D eigenvalue weighted by Crippen LogP contribution is 2.32. The molecule has 2 N–H and O–H groups in total. The van der Waals surface area contributed by atoms with Gasteiger partial charge in [0.2, 0.25) is 0 Å². The van der Waals surface area contributed by atoms with E-state index in [1.54, 1.807) is 33.1 Å². The van der Waals surface area contributed by atoms with Gasteiger partial charge in [-0.25, -0.2) is 4.79 Å². The fourth-order valence-electron chi connectivity index (χ4n) is 1.96. The standard InChI is InChI=1S/C15H23NO5/c1-5-21-14(18)15(2,16-8-9-19-3)11-6-7-12(17)13(10-11)20-4/h6-7,10,16-17H,5,8-9H2,1-4H3. The van der Waals surface area contributed by atoms with Crippen LogP contribution in [0.1, 0.15) is 19.4 Å². The molecule has 0 heterocycles. The average molecular weight is 297 g/mol. The lowest BCUT2D eigenvalue weighted by Crippen LogP contribution is -2.48. The van der Waals surface area contributed by atoms with Crippen molar-refractivity contribution in [3.05, 3.63) is 23.8 Å². The summed E-state index contributed by atoms with van der Waals surface area (Å²) in [6.07, 6.45) is 0. The molecule has 118 valence electrons. The highest BCUT2D eigenvalue weighted by Gasteiger charge is 2.36. The molecule has 0 aliphatic heterocycles. The molecule has 1 aromatic rings. The molecule has 0 aromatic heterocycles. The highest BCUT2D eigenvalue weighted by molar-refractivity contribution is 5.82. The van der Waals surface area contributed by atoms with Crippen LogP contribution in [0.15, 0.2) is 18.2 Å². The van der Waals surface area contributed by atoms with Crippen molar-refractivity contribution in [2.24, 2.45) is 0 Å². The highest BCUT2D eigenvalue weighted by atomic mass is 16.5. The molecular weight excluding hydrogens is 274 g/mol. The van der Waals surface area contributed by atoms with Gasteiger partial charge in [-0.05, 0) is 31.5 Å². The number of phenols is 1. The van der Waals surface area contributed by atoms with Crippen molar-refractivity contribution >= 4 is 5.97 Å². The van der Waals surface area contributed by atoms with Crippen LogP contribution in [0.3, 0.4) is 0 Å². The fourth-order valence-corrected chi connectivity index (χ4v) is 1.96. The summed E-state index contributed by atoms with van der Waals surface area (Å²) in [4.78, 5) is 12.3. The van der Waals surface area contributed by atoms with Crippen LogP contribution in [0.5, 0.6) is 11.5 Å². The number of nitrogens with one attached hydrogen (secondary N) is 1. The van der Waals surface area contributed by atoms with Crippen LogP contribution in [0, 0.1) is 0 Å². The van der Waals surface area contributed by atoms with Crippen LogP contribution < -0.4 is 10.1 Å². The van der Waals surface area contributed by atoms with Gasteiger partial charge >= 0.3 is 5.97 Å². The third-order valence-corrected chi connectivity index (χ3v) is 3.23. The Morgan fingerprint density at radius 3 is 2.67 bits per heavy atom. The predicted molar refractivity (Wildman–Crippen MR) is 78.5 cm³/mol. The second-order valence-corrected chi connectivity index (χ2v) is 4.65. The Labute approximate surface area is 125 Å². The first-order chi connectivity index (χ1) is 9.99. The van der Waals surface area contributed by atoms with Crippen molar-refractivity contribution < 1.29 is 24.1 Å². The first-order valence-corrected chi connectivity index (χ1v) is 6.78. The van der Waals surface area contributed by atoms with E-state index in [-0.39, 0.29) is 12.4 Å². The lowest BCUT2D eigenvalue weighted by atomic mass is 9.91. The molecular formula is C15H23NO5. The Balaban J connectivity index is 3.13. The van der Waals surface area contributed by atoms with Crippen molar-refractivity contribution in [2.75, 3.05) is 34.0 Å². The predicted octanol–water partition coefficient (Wildman–Crippen LogP) is 1.42. The fraction of sp³-hybridized carbons (Fsp3) is 0.533. The zero-order valence-electron chi connectivity index (χ0n) is 12.9. The zero-order chi connectivity index (χ0) is 15.9. The number of carbonyl (C=O) groups excluding carboxylic acids is 1. The molecule has 0 aliphatic rings. The molecule has 0 spiro atoms. The maximum atomic E-state index is 12.3. The van der Waals surface area contributed by atoms with Gasteiger partial charge in [0, 0.05) is 13.7 Å². The number of methoxy groups -OCH3 is 2. The normalized spacial score (nSPS) is 13.5. The summed E-state index contributed by atoms with van der Waals surface area (Å²) in [7, 11) is 3.05. The van der Waals surface area contributed by atoms with Gasteiger partial charge < -0.3 is 19.3 Å². The molecule has 1 atom stereocenters. The second-order valence-electron chi connectivity index (χ2n) is 4.65. The summed E-state index contributed by atoms with van der Waals surface area (Å²) in [6.45, 7) is 4.71. The number of hydrogen-bond acceptors (Lipinski definition) is 6. The van der Waals surface area contributed by atoms with E-state index in [1.807, 2.05) is 0 Å². The molecule has 1 rings (SSSR count). The molecule has 6 nitrogen and oxygen atoms in total. The number of ether oxygens (including phenoxy) is 3. The van der Waals surface area contributed by atoms with Gasteiger partial charge in [-0.15, -0.1) is 0 Å². The van der Waals surface area contributed by atoms with Gasteiger partial charge in [-0.2, -0.15) is 0 Å². The van der Waals surface area contributed by atoms with Gasteiger partial charge in [0.05, 0.1) is 20.3 Å². The van der Waals surface area contributed by atoms with E-state index >= 15 is 0 Å².